The van der Waals surface area contributed by atoms with Crippen molar-refractivity contribution in [3.8, 4) is 0 Å². The van der Waals surface area contributed by atoms with Gasteiger partial charge in [0, 0.05) is 26.4 Å². The molecule has 0 aliphatic carbocycles. The molecule has 0 heterocycles. The fourth-order valence-electron chi connectivity index (χ4n) is 0. The molecule has 0 radical (unpaired) electrons. The minimum absolute atomic E-state index is 0. The third-order valence-electron chi connectivity index (χ3n) is 0.129. The average molecular weight is 141 g/mol. The summed E-state index contributed by atoms with van der Waals surface area (Å²) in [6.07, 6.45) is 0. The Balaban J connectivity index is 0. The first-order valence-electron chi connectivity index (χ1n) is 1.09. The summed E-state index contributed by atoms with van der Waals surface area (Å²) in [6.45, 7) is 1.11. The third-order valence-corrected chi connectivity index (χ3v) is 0.129. The number of carbonyl (C=O) groups excluding carboxylic acids is 1. The molecule has 0 aromatic rings. The van der Waals surface area contributed by atoms with Gasteiger partial charge in [0.05, 0.1) is 0 Å². The molecule has 6 heavy (non-hydrogen) atoms. The van der Waals surface area contributed by atoms with Crippen LogP contribution in [0.4, 0.5) is 0 Å². The van der Waals surface area contributed by atoms with Gasteiger partial charge in [0.25, 0.3) is 0 Å². The van der Waals surface area contributed by atoms with Gasteiger partial charge in [-0.2, -0.15) is 5.26 Å². The van der Waals surface area contributed by atoms with Gasteiger partial charge in [-0.25, -0.2) is 4.79 Å². The SMILES string of the molecule is CC(=O)OO.[Zn]. The molecule has 0 aliphatic heterocycles. The summed E-state index contributed by atoms with van der Waals surface area (Å²) < 4.78 is 0. The van der Waals surface area contributed by atoms with Crippen molar-refractivity contribution in [2.24, 2.45) is 0 Å². The maximum atomic E-state index is 9.34. The van der Waals surface area contributed by atoms with Crippen molar-refractivity contribution in [3.05, 3.63) is 0 Å². The van der Waals surface area contributed by atoms with Crippen LogP contribution < -0.4 is 0 Å². The summed E-state index contributed by atoms with van der Waals surface area (Å²) in [5.74, 6) is -0.690. The molecule has 0 fully saturated rings. The second kappa shape index (κ2) is 5.05. The van der Waals surface area contributed by atoms with Gasteiger partial charge in [0.15, 0.2) is 0 Å². The van der Waals surface area contributed by atoms with E-state index in [0.717, 1.165) is 6.92 Å². The minimum Gasteiger partial charge on any atom is -0.301 e. The van der Waals surface area contributed by atoms with Gasteiger partial charge in [-0.3, -0.25) is 0 Å². The van der Waals surface area contributed by atoms with E-state index in [0.29, 0.717) is 0 Å². The van der Waals surface area contributed by atoms with Crippen LogP contribution in [0.3, 0.4) is 0 Å². The van der Waals surface area contributed by atoms with E-state index < -0.39 is 5.97 Å². The van der Waals surface area contributed by atoms with Crippen molar-refractivity contribution >= 4 is 5.97 Å². The van der Waals surface area contributed by atoms with Crippen molar-refractivity contribution in [2.45, 2.75) is 6.92 Å². The molecule has 0 saturated heterocycles. The van der Waals surface area contributed by atoms with E-state index in [2.05, 4.69) is 4.89 Å². The van der Waals surface area contributed by atoms with Crippen molar-refractivity contribution < 1.29 is 34.4 Å². The Morgan fingerprint density at radius 2 is 2.00 bits per heavy atom. The van der Waals surface area contributed by atoms with E-state index in [9.17, 15) is 4.79 Å². The second-order valence-corrected chi connectivity index (χ2v) is 0.583. The maximum absolute atomic E-state index is 9.34. The molecule has 0 spiro atoms. The smallest absolute Gasteiger partial charge is 0.301 e. The van der Waals surface area contributed by atoms with Crippen molar-refractivity contribution in [1.82, 2.24) is 0 Å². The molecule has 32 valence electrons. The summed E-state index contributed by atoms with van der Waals surface area (Å²) in [4.78, 5) is 12.5. The molecule has 1 N–H and O–H groups in total. The fraction of sp³-hybridized carbons (Fsp3) is 0.500. The molecule has 0 aromatic heterocycles. The quantitative estimate of drug-likeness (QED) is 0.294. The van der Waals surface area contributed by atoms with Crippen molar-refractivity contribution in [2.75, 3.05) is 0 Å². The topological polar surface area (TPSA) is 46.5 Å². The molecule has 0 aliphatic rings. The molecule has 0 bridgehead atoms. The summed E-state index contributed by atoms with van der Waals surface area (Å²) >= 11 is 0. The standard InChI is InChI=1S/C2H4O3.Zn/c1-2(3)5-4;/h4H,1H3;. The molecule has 0 aromatic carbocycles. The van der Waals surface area contributed by atoms with Gasteiger partial charge in [-0.15, -0.1) is 0 Å². The van der Waals surface area contributed by atoms with Crippen LogP contribution in [0.25, 0.3) is 0 Å². The van der Waals surface area contributed by atoms with Crippen LogP contribution in [0.2, 0.25) is 0 Å². The van der Waals surface area contributed by atoms with E-state index in [1.807, 2.05) is 0 Å². The van der Waals surface area contributed by atoms with Crippen molar-refractivity contribution in [3.63, 3.8) is 0 Å². The Labute approximate surface area is 48.0 Å². The Bertz CT molecular complexity index is 44.1. The van der Waals surface area contributed by atoms with Crippen LogP contribution in [-0.4, -0.2) is 11.2 Å². The fourth-order valence-corrected chi connectivity index (χ4v) is 0. The van der Waals surface area contributed by atoms with Crippen LogP contribution in [0.15, 0.2) is 0 Å². The average Bonchev–Trinajstić information content (AvgIpc) is 1.38. The van der Waals surface area contributed by atoms with Gasteiger partial charge in [0.1, 0.15) is 0 Å². The van der Waals surface area contributed by atoms with Crippen molar-refractivity contribution in [1.29, 1.82) is 0 Å². The van der Waals surface area contributed by atoms with E-state index in [-0.39, 0.29) is 19.5 Å². The van der Waals surface area contributed by atoms with Gasteiger partial charge in [-0.05, 0) is 0 Å². The first kappa shape index (κ1) is 9.41. The molecule has 0 saturated carbocycles. The molecular weight excluding hydrogens is 137 g/mol. The Morgan fingerprint density at radius 1 is 1.83 bits per heavy atom. The largest absolute Gasteiger partial charge is 0.339 e. The maximum Gasteiger partial charge on any atom is 0.339 e. The van der Waals surface area contributed by atoms with Gasteiger partial charge < -0.3 is 4.89 Å². The Morgan fingerprint density at radius 3 is 2.00 bits per heavy atom. The summed E-state index contributed by atoms with van der Waals surface area (Å²) in [7, 11) is 0. The molecule has 0 rings (SSSR count). The predicted molar refractivity (Wildman–Crippen MR) is 14.4 cm³/mol. The summed E-state index contributed by atoms with van der Waals surface area (Å²) in [5, 5.41) is 7.29. The first-order chi connectivity index (χ1) is 2.27. The summed E-state index contributed by atoms with van der Waals surface area (Å²) in [6, 6.07) is 0. The zero-order chi connectivity index (χ0) is 4.28. The van der Waals surface area contributed by atoms with E-state index >= 15 is 0 Å². The molecule has 0 atom stereocenters. The number of hydrogen-bond donors (Lipinski definition) is 1. The molecule has 3 nitrogen and oxygen atoms in total. The normalized spacial score (nSPS) is 5.67. The second-order valence-electron chi connectivity index (χ2n) is 0.583. The van der Waals surface area contributed by atoms with Crippen LogP contribution in [-0.2, 0) is 29.2 Å². The third kappa shape index (κ3) is 8.96. The van der Waals surface area contributed by atoms with Gasteiger partial charge in [-0.1, -0.05) is 0 Å². The minimum atomic E-state index is -0.690. The van der Waals surface area contributed by atoms with Gasteiger partial charge in [0.2, 0.25) is 0 Å². The van der Waals surface area contributed by atoms with Crippen LogP contribution in [0.5, 0.6) is 0 Å². The van der Waals surface area contributed by atoms with E-state index in [4.69, 9.17) is 5.26 Å². The number of hydrogen-bond acceptors (Lipinski definition) is 3. The number of rotatable bonds is 0. The molecule has 0 amide bonds. The van der Waals surface area contributed by atoms with E-state index in [1.54, 1.807) is 0 Å². The Kier molecular flexibility index (Phi) is 7.92. The van der Waals surface area contributed by atoms with Crippen LogP contribution >= 0.6 is 0 Å². The molecular formula is C2H4O3Zn. The number of carbonyl (C=O) groups is 1. The Hall–Kier alpha value is 0.0534. The first-order valence-corrected chi connectivity index (χ1v) is 1.09. The van der Waals surface area contributed by atoms with Gasteiger partial charge >= 0.3 is 5.97 Å². The monoisotopic (exact) mass is 140 g/mol. The molecule has 4 heteroatoms. The summed E-state index contributed by atoms with van der Waals surface area (Å²) in [5.41, 5.74) is 0. The zero-order valence-corrected chi connectivity index (χ0v) is 6.44. The van der Waals surface area contributed by atoms with Crippen LogP contribution in [0.1, 0.15) is 6.92 Å². The van der Waals surface area contributed by atoms with Crippen LogP contribution in [0, 0.1) is 0 Å². The molecule has 0 unspecified atom stereocenters. The van der Waals surface area contributed by atoms with E-state index in [1.165, 1.54) is 0 Å². The zero-order valence-electron chi connectivity index (χ0n) is 3.47. The predicted octanol–water partition coefficient (Wildman–Crippen LogP) is 0.0200.